The molecule has 0 radical (unpaired) electrons. The first-order valence-electron chi connectivity index (χ1n) is 38.7. The number of phenols is 1. The Morgan fingerprint density at radius 1 is 0.509 bits per heavy atom. The van der Waals surface area contributed by atoms with Crippen LogP contribution in [0.1, 0.15) is 165 Å². The molecule has 44 heteroatoms. The Balaban J connectivity index is 1.15. The Hall–Kier alpha value is -11.8. The molecule has 0 saturated carbocycles. The number of primary amides is 4. The molecule has 6 heterocycles. The highest BCUT2D eigenvalue weighted by atomic mass is 32.2. The maximum absolute atomic E-state index is 14.9. The predicted octanol–water partition coefficient (Wildman–Crippen LogP) is -6.05. The van der Waals surface area contributed by atoms with Crippen molar-refractivity contribution in [2.24, 2.45) is 22.9 Å². The number of nitrogens with zero attached hydrogens (tertiary/aromatic N) is 5. The van der Waals surface area contributed by atoms with Crippen LogP contribution >= 0.6 is 11.8 Å². The Morgan fingerprint density at radius 3 is 1.66 bits per heavy atom. The lowest BCUT2D eigenvalue weighted by Gasteiger charge is -2.31. The third-order valence-corrected chi connectivity index (χ3v) is 21.7. The number of carboxylic acids is 2. The molecule has 4 saturated heterocycles. The second-order valence-electron chi connectivity index (χ2n) is 29.2. The van der Waals surface area contributed by atoms with Crippen LogP contribution < -0.4 is 86.7 Å². The van der Waals surface area contributed by atoms with E-state index in [-0.39, 0.29) is 131 Å². The molecular weight excluding hydrogens is 1540 g/mol. The summed E-state index contributed by atoms with van der Waals surface area (Å²) in [5.41, 5.74) is 22.6. The zero-order valence-electron chi connectivity index (χ0n) is 64.1. The van der Waals surface area contributed by atoms with E-state index >= 15 is 0 Å². The number of unbranched alkanes of at least 4 members (excludes halogenated alkanes) is 2. The molecule has 636 valence electrons. The van der Waals surface area contributed by atoms with Crippen molar-refractivity contribution < 1.29 is 106 Å². The van der Waals surface area contributed by atoms with Gasteiger partial charge in [-0.25, -0.2) is 4.79 Å². The zero-order chi connectivity index (χ0) is 84.7. The van der Waals surface area contributed by atoms with E-state index < -0.39 is 232 Å². The van der Waals surface area contributed by atoms with E-state index in [1.165, 1.54) is 35.1 Å². The first-order chi connectivity index (χ1) is 55.2. The summed E-state index contributed by atoms with van der Waals surface area (Å²) in [6.07, 6.45) is -0.951. The van der Waals surface area contributed by atoms with Crippen molar-refractivity contribution in [1.82, 2.24) is 88.6 Å². The summed E-state index contributed by atoms with van der Waals surface area (Å²) in [5.74, 6) is -17.6. The number of hydrogen-bond acceptors (Lipinski definition) is 23. The number of thioether (sulfide) groups is 1. The highest BCUT2D eigenvalue weighted by molar-refractivity contribution is 8.00. The van der Waals surface area contributed by atoms with Gasteiger partial charge in [-0.1, -0.05) is 30.2 Å². The lowest BCUT2D eigenvalue weighted by molar-refractivity contribution is -0.143. The summed E-state index contributed by atoms with van der Waals surface area (Å²) in [6, 6.07) is -10.9. The average molecular weight is 1650 g/mol. The van der Waals surface area contributed by atoms with Crippen LogP contribution in [-0.2, 0) is 106 Å². The fraction of sp³-hybridized carbons (Fsp3) is 0.625. The van der Waals surface area contributed by atoms with Crippen LogP contribution in [0.3, 0.4) is 0 Å². The van der Waals surface area contributed by atoms with E-state index in [4.69, 9.17) is 22.9 Å². The third-order valence-electron chi connectivity index (χ3n) is 20.2. The number of carbonyl (C=O) groups is 19. The zero-order valence-corrected chi connectivity index (χ0v) is 64.9. The molecule has 7 rings (SSSR count). The second kappa shape index (κ2) is 45.4. The fourth-order valence-corrected chi connectivity index (χ4v) is 15.7. The number of amides is 18. The third kappa shape index (κ3) is 29.6. The van der Waals surface area contributed by atoms with Gasteiger partial charge in [0.2, 0.25) is 94.5 Å². The van der Waals surface area contributed by atoms with Crippen molar-refractivity contribution in [3.63, 3.8) is 0 Å². The van der Waals surface area contributed by atoms with E-state index in [2.05, 4.69) is 74.1 Å². The number of carboxylic acid groups (broad SMARTS) is 2. The number of aliphatic carboxylic acids is 2. The Morgan fingerprint density at radius 2 is 1.04 bits per heavy atom. The Kier molecular flexibility index (Phi) is 35.8. The van der Waals surface area contributed by atoms with Crippen LogP contribution in [0.5, 0.6) is 5.75 Å². The van der Waals surface area contributed by atoms with Gasteiger partial charge >= 0.3 is 18.0 Å². The first kappa shape index (κ1) is 91.4. The van der Waals surface area contributed by atoms with Crippen LogP contribution in [0, 0.1) is 0 Å². The number of phenolic OH excluding ortho intramolecular Hbond substituents is 1. The SMILES string of the molecule is NC(=O)CC[C@@H]1NC(=O)[C@@H]2CCCN2C(=O)[C@H](CCC(=O)O)NC(=O)[C@@H](CCCCNC(=O)CCCC[C@@H]2SC[C@@H]3NC(=O)N[C@@H]32)NC(=O)CCCCCn2cc(nn2)C[C@H](C(N)=O)NC(=O)[C@H](CC(N)=O)NC(=O)[C@H](CCC(=O)O)NC(=O)CNC(=O)[C@@H]2CCCN2C(=O)[C@H](CCC(N)=O)NC(=O)[C@H](Cc2ccc(O)cc2)NC1=O. The van der Waals surface area contributed by atoms with Gasteiger partial charge < -0.3 is 112 Å². The number of urea groups is 1. The number of nitrogens with two attached hydrogens (primary N) is 4. The van der Waals surface area contributed by atoms with Gasteiger partial charge in [-0.15, -0.1) is 5.10 Å². The molecule has 0 aliphatic carbocycles. The predicted molar refractivity (Wildman–Crippen MR) is 406 cm³/mol. The van der Waals surface area contributed by atoms with E-state index in [0.29, 0.717) is 31.2 Å². The summed E-state index contributed by atoms with van der Waals surface area (Å²) in [5, 5.41) is 68.9. The highest BCUT2D eigenvalue weighted by Gasteiger charge is 2.45. The molecule has 23 N–H and O–H groups in total. The summed E-state index contributed by atoms with van der Waals surface area (Å²) >= 11 is 1.77. The van der Waals surface area contributed by atoms with E-state index in [9.17, 15) is 106 Å². The van der Waals surface area contributed by atoms with Crippen LogP contribution in [0.25, 0.3) is 0 Å². The number of aromatic hydroxyl groups is 1. The fourth-order valence-electron chi connectivity index (χ4n) is 14.1. The molecule has 116 heavy (non-hydrogen) atoms. The number of carbonyl (C=O) groups excluding carboxylic acids is 17. The van der Waals surface area contributed by atoms with Crippen molar-refractivity contribution in [2.75, 3.05) is 31.9 Å². The highest BCUT2D eigenvalue weighted by Crippen LogP contribution is 2.33. The van der Waals surface area contributed by atoms with E-state index in [1.54, 1.807) is 11.8 Å². The number of aryl methyl sites for hydroxylation is 1. The minimum atomic E-state index is -1.87. The number of fused-ring (bicyclic) bond motifs is 5. The van der Waals surface area contributed by atoms with Crippen molar-refractivity contribution in [3.8, 4) is 5.75 Å². The van der Waals surface area contributed by atoms with Crippen molar-refractivity contribution in [2.45, 2.75) is 251 Å². The lowest BCUT2D eigenvalue weighted by Crippen LogP contribution is -2.60. The molecule has 13 atom stereocenters. The Labute approximate surface area is 670 Å². The molecule has 0 unspecified atom stereocenters. The summed E-state index contributed by atoms with van der Waals surface area (Å²) in [4.78, 5) is 258. The molecule has 2 aromatic rings. The molecule has 2 bridgehead atoms. The van der Waals surface area contributed by atoms with Crippen molar-refractivity contribution >= 4 is 124 Å². The second-order valence-corrected chi connectivity index (χ2v) is 30.5. The summed E-state index contributed by atoms with van der Waals surface area (Å²) in [7, 11) is 0. The molecule has 4 fully saturated rings. The standard InChI is InChI=1S/C72H105N21O22S/c73-53(95)24-20-43-65(108)85-47(32-38-16-18-40(94)19-17-38)66(109)83-44(21-25-54(74)96)70(113)92-30-8-11-50(92)68(111)78-35-58(100)80-42(22-26-59(101)102)64(107)86-48(34-55(75)97)67(110)84-46(62(76)105)33-39-36-91(90-89-39)29-7-1-2-15-57(99)79-41(63(106)82-45(23-27-60(103)104)71(114)93-31-9-12-51(93)69(112)81-43)10-5-6-28-77-56(98)14-4-3-13-52-61-49(37-116-52)87-72(115)88-61/h16-19,36,41-52,61,94H,1-15,20-35,37H2,(H2,73,95)(H2,74,96)(H2,75,97)(H2,76,105)(H,77,98)(H,78,111)(H,79,99)(H,80,100)(H,81,112)(H,82,106)(H,83,109)(H,84,110)(H,85,108)(H,86,107)(H,101,102)(H,103,104)(H2,87,88,115)/t41-,42+,43+,44+,45+,46-,47+,48+,49+,50+,51+,52+,61+/m1/s1. The van der Waals surface area contributed by atoms with Crippen LogP contribution in [-0.4, -0.2) is 262 Å². The van der Waals surface area contributed by atoms with Crippen LogP contribution in [0.4, 0.5) is 4.79 Å². The monoisotopic (exact) mass is 1650 g/mol. The first-order valence-corrected chi connectivity index (χ1v) is 39.8. The molecule has 5 aliphatic heterocycles. The van der Waals surface area contributed by atoms with Gasteiger partial charge in [-0.3, -0.25) is 91.0 Å². The molecule has 1 aromatic carbocycles. The number of benzene rings is 1. The maximum atomic E-state index is 14.9. The molecule has 5 aliphatic rings. The van der Waals surface area contributed by atoms with Crippen molar-refractivity contribution in [3.05, 3.63) is 41.7 Å². The van der Waals surface area contributed by atoms with Gasteiger partial charge in [0.1, 0.15) is 66.2 Å². The molecule has 0 spiro atoms. The maximum Gasteiger partial charge on any atom is 0.315 e. The van der Waals surface area contributed by atoms with Gasteiger partial charge in [-0.05, 0) is 114 Å². The van der Waals surface area contributed by atoms with Gasteiger partial charge in [-0.2, -0.15) is 11.8 Å². The van der Waals surface area contributed by atoms with Crippen molar-refractivity contribution in [1.29, 1.82) is 0 Å². The Bertz CT molecular complexity index is 3920. The lowest BCUT2D eigenvalue weighted by atomic mass is 10.0. The van der Waals surface area contributed by atoms with Gasteiger partial charge in [0.25, 0.3) is 0 Å². The van der Waals surface area contributed by atoms with Crippen LogP contribution in [0.15, 0.2) is 30.5 Å². The molecular formula is C72H105N21O22S. The summed E-state index contributed by atoms with van der Waals surface area (Å²) in [6.45, 7) is -0.806. The quantitative estimate of drug-likeness (QED) is 0.0292. The minimum absolute atomic E-state index is 0.0237. The van der Waals surface area contributed by atoms with Gasteiger partial charge in [0.05, 0.1) is 30.7 Å². The number of aromatic nitrogens is 3. The smallest absolute Gasteiger partial charge is 0.315 e. The largest absolute Gasteiger partial charge is 0.508 e. The molecule has 1 aromatic heterocycles. The normalized spacial score (nSPS) is 25.6. The summed E-state index contributed by atoms with van der Waals surface area (Å²) < 4.78 is 1.39. The van der Waals surface area contributed by atoms with E-state index in [0.717, 1.165) is 28.4 Å². The number of nitrogens with one attached hydrogen (secondary N) is 12. The van der Waals surface area contributed by atoms with E-state index in [1.807, 2.05) is 0 Å². The number of rotatable bonds is 27. The van der Waals surface area contributed by atoms with Crippen LogP contribution in [0.2, 0.25) is 0 Å². The molecule has 18 amide bonds. The van der Waals surface area contributed by atoms with Gasteiger partial charge in [0, 0.05) is 94.7 Å². The molecule has 43 nitrogen and oxygen atoms in total. The van der Waals surface area contributed by atoms with Gasteiger partial charge in [0.15, 0.2) is 0 Å². The average Bonchev–Trinajstić information content (AvgIpc) is 1.64. The topological polar surface area (TPSA) is 671 Å². The minimum Gasteiger partial charge on any atom is -0.508 e. The number of hydrogen-bond donors (Lipinski definition) is 19.